The van der Waals surface area contributed by atoms with E-state index in [-0.39, 0.29) is 0 Å². The van der Waals surface area contributed by atoms with Crippen molar-refractivity contribution in [1.29, 1.82) is 0 Å². The summed E-state index contributed by atoms with van der Waals surface area (Å²) in [4.78, 5) is 10.8. The number of nitrogens with zero attached hydrogens (tertiary/aromatic N) is 4. The highest BCUT2D eigenvalue weighted by Gasteiger charge is 2.27. The molecule has 0 saturated carbocycles. The maximum atomic E-state index is 10.8. The summed E-state index contributed by atoms with van der Waals surface area (Å²) in [5.74, 6) is -0.611. The number of carboxylic acids is 1. The average Bonchev–Trinajstić information content (AvgIpc) is 2.77. The van der Waals surface area contributed by atoms with Crippen LogP contribution in [0.25, 0.3) is 0 Å². The van der Waals surface area contributed by atoms with Gasteiger partial charge in [0.05, 0.1) is 19.8 Å². The fraction of sp³-hybridized carbons (Fsp3) is 0.750. The topological polar surface area (TPSA) is 99.4 Å². The third kappa shape index (κ3) is 2.02. The SMILES string of the molecule is CC(C(=O)O)n1nnnc1C1COCCO1. The van der Waals surface area contributed by atoms with Gasteiger partial charge in [0.1, 0.15) is 6.10 Å². The van der Waals surface area contributed by atoms with Crippen LogP contribution in [0.4, 0.5) is 0 Å². The molecule has 1 aliphatic heterocycles. The summed E-state index contributed by atoms with van der Waals surface area (Å²) < 4.78 is 11.9. The highest BCUT2D eigenvalue weighted by Crippen LogP contribution is 2.20. The van der Waals surface area contributed by atoms with Gasteiger partial charge in [-0.3, -0.25) is 0 Å². The molecule has 0 aromatic carbocycles. The van der Waals surface area contributed by atoms with Gasteiger partial charge in [0.2, 0.25) is 0 Å². The van der Waals surface area contributed by atoms with Crippen molar-refractivity contribution in [2.24, 2.45) is 0 Å². The number of ether oxygens (including phenoxy) is 2. The smallest absolute Gasteiger partial charge is 0.328 e. The standard InChI is InChI=1S/C8H12N4O4/c1-5(8(13)14)12-7(9-10-11-12)6-4-15-2-3-16-6/h5-6H,2-4H2,1H3,(H,13,14). The van der Waals surface area contributed by atoms with Gasteiger partial charge < -0.3 is 14.6 Å². The van der Waals surface area contributed by atoms with Gasteiger partial charge in [-0.2, -0.15) is 0 Å². The molecule has 1 aromatic rings. The molecule has 8 heteroatoms. The molecule has 1 aliphatic rings. The lowest BCUT2D eigenvalue weighted by atomic mass is 10.3. The summed E-state index contributed by atoms with van der Waals surface area (Å²) in [7, 11) is 0. The summed E-state index contributed by atoms with van der Waals surface area (Å²) >= 11 is 0. The van der Waals surface area contributed by atoms with Crippen molar-refractivity contribution < 1.29 is 19.4 Å². The molecule has 0 bridgehead atoms. The summed E-state index contributed by atoms with van der Waals surface area (Å²) in [6.45, 7) is 2.84. The molecule has 0 radical (unpaired) electrons. The Labute approximate surface area is 91.1 Å². The van der Waals surface area contributed by atoms with Crippen LogP contribution in [0.1, 0.15) is 24.9 Å². The molecule has 0 aliphatic carbocycles. The van der Waals surface area contributed by atoms with Crippen LogP contribution >= 0.6 is 0 Å². The van der Waals surface area contributed by atoms with Gasteiger partial charge in [0.25, 0.3) is 0 Å². The minimum absolute atomic E-state index is 0.340. The fourth-order valence-electron chi connectivity index (χ4n) is 1.43. The van der Waals surface area contributed by atoms with E-state index < -0.39 is 18.1 Å². The summed E-state index contributed by atoms with van der Waals surface area (Å²) in [6, 6.07) is -0.824. The van der Waals surface area contributed by atoms with Crippen molar-refractivity contribution in [3.8, 4) is 0 Å². The number of tetrazole rings is 1. The molecule has 2 heterocycles. The monoisotopic (exact) mass is 228 g/mol. The molecular weight excluding hydrogens is 216 g/mol. The van der Waals surface area contributed by atoms with Crippen LogP contribution < -0.4 is 0 Å². The number of carboxylic acid groups (broad SMARTS) is 1. The molecule has 0 spiro atoms. The van der Waals surface area contributed by atoms with Crippen LogP contribution in [0.15, 0.2) is 0 Å². The maximum absolute atomic E-state index is 10.8. The van der Waals surface area contributed by atoms with E-state index in [1.54, 1.807) is 0 Å². The second-order valence-electron chi connectivity index (χ2n) is 3.43. The molecule has 2 unspecified atom stereocenters. The van der Waals surface area contributed by atoms with E-state index in [2.05, 4.69) is 15.5 Å². The predicted octanol–water partition coefficient (Wildman–Crippen LogP) is -0.593. The molecule has 1 fully saturated rings. The zero-order chi connectivity index (χ0) is 11.5. The van der Waals surface area contributed by atoms with Crippen molar-refractivity contribution >= 4 is 5.97 Å². The third-order valence-electron chi connectivity index (χ3n) is 2.35. The Morgan fingerprint density at radius 3 is 3.06 bits per heavy atom. The Balaban J connectivity index is 2.20. The van der Waals surface area contributed by atoms with Gasteiger partial charge in [0.15, 0.2) is 11.9 Å². The Morgan fingerprint density at radius 1 is 1.62 bits per heavy atom. The molecule has 8 nitrogen and oxygen atoms in total. The van der Waals surface area contributed by atoms with Gasteiger partial charge in [-0.25, -0.2) is 9.48 Å². The first kappa shape index (κ1) is 11.0. The summed E-state index contributed by atoms with van der Waals surface area (Å²) in [5, 5.41) is 19.8. The predicted molar refractivity (Wildman–Crippen MR) is 49.7 cm³/mol. The normalized spacial score (nSPS) is 22.9. The van der Waals surface area contributed by atoms with E-state index >= 15 is 0 Å². The molecular formula is C8H12N4O4. The maximum Gasteiger partial charge on any atom is 0.328 e. The molecule has 2 rings (SSSR count). The average molecular weight is 228 g/mol. The van der Waals surface area contributed by atoms with Crippen LogP contribution in [0.3, 0.4) is 0 Å². The van der Waals surface area contributed by atoms with Gasteiger partial charge >= 0.3 is 5.97 Å². The third-order valence-corrected chi connectivity index (χ3v) is 2.35. The summed E-state index contributed by atoms with van der Waals surface area (Å²) in [6.07, 6.45) is -0.398. The number of aromatic nitrogens is 4. The van der Waals surface area contributed by atoms with Crippen LogP contribution in [-0.4, -0.2) is 51.1 Å². The van der Waals surface area contributed by atoms with Crippen molar-refractivity contribution in [1.82, 2.24) is 20.2 Å². The van der Waals surface area contributed by atoms with Crippen molar-refractivity contribution in [3.63, 3.8) is 0 Å². The second kappa shape index (κ2) is 4.54. The molecule has 1 N–H and O–H groups in total. The molecule has 88 valence electrons. The minimum Gasteiger partial charge on any atom is -0.480 e. The second-order valence-corrected chi connectivity index (χ2v) is 3.43. The van der Waals surface area contributed by atoms with E-state index in [0.29, 0.717) is 25.6 Å². The minimum atomic E-state index is -0.995. The van der Waals surface area contributed by atoms with E-state index in [1.807, 2.05) is 0 Å². The number of aliphatic carboxylic acids is 1. The van der Waals surface area contributed by atoms with Gasteiger partial charge in [0, 0.05) is 0 Å². The van der Waals surface area contributed by atoms with E-state index in [9.17, 15) is 4.79 Å². The van der Waals surface area contributed by atoms with E-state index in [0.717, 1.165) is 0 Å². The van der Waals surface area contributed by atoms with Crippen molar-refractivity contribution in [3.05, 3.63) is 5.82 Å². The van der Waals surface area contributed by atoms with Crippen molar-refractivity contribution in [2.75, 3.05) is 19.8 Å². The lowest BCUT2D eigenvalue weighted by Crippen LogP contribution is -2.27. The zero-order valence-electron chi connectivity index (χ0n) is 8.74. The first-order chi connectivity index (χ1) is 7.70. The van der Waals surface area contributed by atoms with Gasteiger partial charge in [-0.05, 0) is 17.4 Å². The number of rotatable bonds is 3. The zero-order valence-corrected chi connectivity index (χ0v) is 8.74. The van der Waals surface area contributed by atoms with Crippen LogP contribution in [0, 0.1) is 0 Å². The van der Waals surface area contributed by atoms with Crippen LogP contribution in [0.5, 0.6) is 0 Å². The van der Waals surface area contributed by atoms with Crippen LogP contribution in [0.2, 0.25) is 0 Å². The Bertz CT molecular complexity index is 374. The molecule has 0 amide bonds. The highest BCUT2D eigenvalue weighted by atomic mass is 16.6. The number of carbonyl (C=O) groups is 1. The van der Waals surface area contributed by atoms with Gasteiger partial charge in [-0.15, -0.1) is 5.10 Å². The Kier molecular flexibility index (Phi) is 3.11. The quantitative estimate of drug-likeness (QED) is 0.737. The largest absolute Gasteiger partial charge is 0.480 e. The first-order valence-electron chi connectivity index (χ1n) is 4.90. The Morgan fingerprint density at radius 2 is 2.44 bits per heavy atom. The lowest BCUT2D eigenvalue weighted by molar-refractivity contribution is -0.141. The first-order valence-corrected chi connectivity index (χ1v) is 4.90. The number of hydrogen-bond donors (Lipinski definition) is 1. The van der Waals surface area contributed by atoms with E-state index in [4.69, 9.17) is 14.6 Å². The van der Waals surface area contributed by atoms with Crippen LogP contribution in [-0.2, 0) is 14.3 Å². The molecule has 1 saturated heterocycles. The molecule has 1 aromatic heterocycles. The fourth-order valence-corrected chi connectivity index (χ4v) is 1.43. The van der Waals surface area contributed by atoms with Crippen molar-refractivity contribution in [2.45, 2.75) is 19.1 Å². The highest BCUT2D eigenvalue weighted by molar-refractivity contribution is 5.71. The van der Waals surface area contributed by atoms with E-state index in [1.165, 1.54) is 11.6 Å². The summed E-state index contributed by atoms with van der Waals surface area (Å²) in [5.41, 5.74) is 0. The van der Waals surface area contributed by atoms with Gasteiger partial charge in [-0.1, -0.05) is 0 Å². The number of hydrogen-bond acceptors (Lipinski definition) is 6. The lowest BCUT2D eigenvalue weighted by Gasteiger charge is -2.22. The molecule has 16 heavy (non-hydrogen) atoms. The Hall–Kier alpha value is -1.54. The molecule has 2 atom stereocenters.